The fourth-order valence-electron chi connectivity index (χ4n) is 3.24. The molecule has 3 rings (SSSR count). The lowest BCUT2D eigenvalue weighted by Crippen LogP contribution is -2.40. The Labute approximate surface area is 168 Å². The van der Waals surface area contributed by atoms with Crippen molar-refractivity contribution in [3.63, 3.8) is 0 Å². The maximum atomic E-state index is 12.2. The fraction of sp³-hybridized carbons (Fsp3) is 0.526. The molecule has 1 aliphatic rings. The van der Waals surface area contributed by atoms with Crippen molar-refractivity contribution in [2.75, 3.05) is 20.0 Å². The molecule has 1 aromatic carbocycles. The van der Waals surface area contributed by atoms with Gasteiger partial charge >= 0.3 is 0 Å². The van der Waals surface area contributed by atoms with Crippen LogP contribution in [-0.2, 0) is 4.79 Å². The predicted octanol–water partition coefficient (Wildman–Crippen LogP) is 2.73. The predicted molar refractivity (Wildman–Crippen MR) is 106 cm³/mol. The number of methoxy groups -OCH3 is 2. The molecule has 1 heterocycles. The molecule has 0 saturated heterocycles. The zero-order chi connectivity index (χ0) is 19.9. The summed E-state index contributed by atoms with van der Waals surface area (Å²) < 4.78 is 16.9. The van der Waals surface area contributed by atoms with Gasteiger partial charge in [0.2, 0.25) is 16.8 Å². The monoisotopic (exact) mass is 406 g/mol. The van der Waals surface area contributed by atoms with Crippen molar-refractivity contribution in [2.45, 2.75) is 49.9 Å². The summed E-state index contributed by atoms with van der Waals surface area (Å²) in [6.45, 7) is 1.83. The highest BCUT2D eigenvalue weighted by atomic mass is 32.2. The molecule has 0 unspecified atom stereocenters. The lowest BCUT2D eigenvalue weighted by molar-refractivity contribution is -0.119. The van der Waals surface area contributed by atoms with Crippen LogP contribution in [0.2, 0.25) is 0 Å². The second-order valence-corrected chi connectivity index (χ2v) is 7.59. The minimum absolute atomic E-state index is 0.00582. The molecule has 0 atom stereocenters. The van der Waals surface area contributed by atoms with Gasteiger partial charge in [-0.1, -0.05) is 17.8 Å². The molecule has 0 bridgehead atoms. The first kappa shape index (κ1) is 20.3. The summed E-state index contributed by atoms with van der Waals surface area (Å²) in [7, 11) is 3.21. The number of para-hydroxylation sites is 1. The Morgan fingerprint density at radius 3 is 2.61 bits per heavy atom. The summed E-state index contributed by atoms with van der Waals surface area (Å²) >= 11 is 1.33. The second-order valence-electron chi connectivity index (χ2n) is 6.64. The van der Waals surface area contributed by atoms with E-state index in [0.717, 1.165) is 31.5 Å². The van der Waals surface area contributed by atoms with Crippen LogP contribution in [0.25, 0.3) is 0 Å². The number of aromatic nitrogens is 3. The Morgan fingerprint density at radius 2 is 1.96 bits per heavy atom. The van der Waals surface area contributed by atoms with Gasteiger partial charge in [0, 0.05) is 6.04 Å². The Bertz CT molecular complexity index is 790. The smallest absolute Gasteiger partial charge is 0.230 e. The third-order valence-corrected chi connectivity index (χ3v) is 5.46. The van der Waals surface area contributed by atoms with Crippen molar-refractivity contribution in [1.29, 1.82) is 0 Å². The van der Waals surface area contributed by atoms with Crippen molar-refractivity contribution in [2.24, 2.45) is 0 Å². The number of ether oxygens (including phenoxy) is 3. The number of H-pyrrole nitrogens is 1. The van der Waals surface area contributed by atoms with Crippen LogP contribution in [0.5, 0.6) is 17.2 Å². The Balaban J connectivity index is 1.44. The lowest BCUT2D eigenvalue weighted by Gasteiger charge is -2.30. The number of nitrogens with zero attached hydrogens (tertiary/aromatic N) is 2. The van der Waals surface area contributed by atoms with Crippen LogP contribution in [0.4, 0.5) is 0 Å². The second kappa shape index (κ2) is 9.68. The molecule has 2 aromatic rings. The number of thioether (sulfide) groups is 1. The SMILES string of the molecule is COc1cccc(OC2CCC(NC(=O)CSc3n[nH]c(C)n3)CC2)c1OC. The number of hydrogen-bond donors (Lipinski definition) is 2. The molecule has 152 valence electrons. The van der Waals surface area contributed by atoms with Gasteiger partial charge in [0.1, 0.15) is 5.82 Å². The van der Waals surface area contributed by atoms with Crippen molar-refractivity contribution in [3.8, 4) is 17.2 Å². The van der Waals surface area contributed by atoms with Crippen LogP contribution in [0.15, 0.2) is 23.4 Å². The van der Waals surface area contributed by atoms with E-state index in [4.69, 9.17) is 14.2 Å². The van der Waals surface area contributed by atoms with E-state index in [0.29, 0.717) is 28.2 Å². The van der Waals surface area contributed by atoms with Gasteiger partial charge in [0.25, 0.3) is 0 Å². The van der Waals surface area contributed by atoms with E-state index < -0.39 is 0 Å². The first-order valence-electron chi connectivity index (χ1n) is 9.28. The molecular weight excluding hydrogens is 380 g/mol. The van der Waals surface area contributed by atoms with Crippen LogP contribution in [-0.4, -0.2) is 53.2 Å². The molecule has 1 aromatic heterocycles. The van der Waals surface area contributed by atoms with Crippen molar-refractivity contribution >= 4 is 17.7 Å². The minimum atomic E-state index is 0.00582. The van der Waals surface area contributed by atoms with Gasteiger partial charge in [-0.3, -0.25) is 9.89 Å². The van der Waals surface area contributed by atoms with Crippen LogP contribution in [0, 0.1) is 6.92 Å². The molecule has 1 aliphatic carbocycles. The molecule has 1 amide bonds. The number of carbonyl (C=O) groups is 1. The van der Waals surface area contributed by atoms with Gasteiger partial charge in [0.05, 0.1) is 26.1 Å². The Kier molecular flexibility index (Phi) is 7.02. The molecule has 0 spiro atoms. The van der Waals surface area contributed by atoms with E-state index in [1.165, 1.54) is 11.8 Å². The molecule has 28 heavy (non-hydrogen) atoms. The fourth-order valence-corrected chi connectivity index (χ4v) is 3.90. The van der Waals surface area contributed by atoms with Gasteiger partial charge in [-0.05, 0) is 44.7 Å². The quantitative estimate of drug-likeness (QED) is 0.651. The first-order chi connectivity index (χ1) is 13.6. The van der Waals surface area contributed by atoms with E-state index in [-0.39, 0.29) is 18.1 Å². The normalized spacial score (nSPS) is 19.1. The summed E-state index contributed by atoms with van der Waals surface area (Å²) in [5.74, 6) is 3.02. The number of aromatic amines is 1. The maximum absolute atomic E-state index is 12.2. The average Bonchev–Trinajstić information content (AvgIpc) is 3.13. The average molecular weight is 407 g/mol. The highest BCUT2D eigenvalue weighted by Gasteiger charge is 2.25. The molecule has 0 aliphatic heterocycles. The zero-order valence-corrected chi connectivity index (χ0v) is 17.2. The van der Waals surface area contributed by atoms with Gasteiger partial charge in [-0.2, -0.15) is 0 Å². The third-order valence-electron chi connectivity index (χ3n) is 4.61. The minimum Gasteiger partial charge on any atom is -0.493 e. The van der Waals surface area contributed by atoms with Crippen molar-refractivity contribution in [1.82, 2.24) is 20.5 Å². The topological polar surface area (TPSA) is 98.4 Å². The van der Waals surface area contributed by atoms with Gasteiger partial charge in [-0.15, -0.1) is 5.10 Å². The largest absolute Gasteiger partial charge is 0.493 e. The number of amides is 1. The van der Waals surface area contributed by atoms with Gasteiger partial charge in [-0.25, -0.2) is 4.98 Å². The molecule has 9 heteroatoms. The van der Waals surface area contributed by atoms with Crippen LogP contribution in [0.1, 0.15) is 31.5 Å². The summed E-state index contributed by atoms with van der Waals surface area (Å²) in [5.41, 5.74) is 0. The summed E-state index contributed by atoms with van der Waals surface area (Å²) in [5, 5.41) is 10.5. The molecule has 0 radical (unpaired) electrons. The summed E-state index contributed by atoms with van der Waals surface area (Å²) in [4.78, 5) is 16.3. The number of hydrogen-bond acceptors (Lipinski definition) is 7. The van der Waals surface area contributed by atoms with E-state index in [2.05, 4.69) is 20.5 Å². The standard InChI is InChI=1S/C19H26N4O4S/c1-12-20-19(23-22-12)28-11-17(24)21-13-7-9-14(10-8-13)27-16-6-4-5-15(25-2)18(16)26-3/h4-6,13-14H,7-11H2,1-3H3,(H,21,24)(H,20,22,23). The Hall–Kier alpha value is -2.42. The van der Waals surface area contributed by atoms with Crippen molar-refractivity contribution < 1.29 is 19.0 Å². The van der Waals surface area contributed by atoms with Crippen LogP contribution >= 0.6 is 11.8 Å². The highest BCUT2D eigenvalue weighted by Crippen LogP contribution is 2.38. The van der Waals surface area contributed by atoms with E-state index in [9.17, 15) is 4.79 Å². The third kappa shape index (κ3) is 5.31. The lowest BCUT2D eigenvalue weighted by atomic mass is 9.93. The molecule has 1 saturated carbocycles. The van der Waals surface area contributed by atoms with Crippen LogP contribution < -0.4 is 19.5 Å². The molecular formula is C19H26N4O4S. The zero-order valence-electron chi connectivity index (χ0n) is 16.4. The maximum Gasteiger partial charge on any atom is 0.230 e. The van der Waals surface area contributed by atoms with Crippen LogP contribution in [0.3, 0.4) is 0 Å². The highest BCUT2D eigenvalue weighted by molar-refractivity contribution is 7.99. The van der Waals surface area contributed by atoms with E-state index in [1.807, 2.05) is 25.1 Å². The number of aryl methyl sites for hydroxylation is 1. The van der Waals surface area contributed by atoms with E-state index >= 15 is 0 Å². The summed E-state index contributed by atoms with van der Waals surface area (Å²) in [6.07, 6.45) is 3.61. The molecule has 8 nitrogen and oxygen atoms in total. The van der Waals surface area contributed by atoms with Crippen molar-refractivity contribution in [3.05, 3.63) is 24.0 Å². The van der Waals surface area contributed by atoms with Gasteiger partial charge in [0.15, 0.2) is 11.5 Å². The Morgan fingerprint density at radius 1 is 1.21 bits per heavy atom. The summed E-state index contributed by atoms with van der Waals surface area (Å²) in [6, 6.07) is 5.79. The molecule has 2 N–H and O–H groups in total. The number of carbonyl (C=O) groups excluding carboxylic acids is 1. The number of rotatable bonds is 8. The number of nitrogens with one attached hydrogen (secondary N) is 2. The number of benzene rings is 1. The van der Waals surface area contributed by atoms with Gasteiger partial charge < -0.3 is 19.5 Å². The van der Waals surface area contributed by atoms with E-state index in [1.54, 1.807) is 14.2 Å². The first-order valence-corrected chi connectivity index (χ1v) is 10.3. The molecule has 1 fully saturated rings.